The molecule has 1 aliphatic carbocycles. The van der Waals surface area contributed by atoms with E-state index < -0.39 is 0 Å². The summed E-state index contributed by atoms with van der Waals surface area (Å²) >= 11 is 0. The molecule has 9 heteroatoms. The molecule has 0 bridgehead atoms. The van der Waals surface area contributed by atoms with Crippen molar-refractivity contribution in [2.45, 2.75) is 38.0 Å². The fourth-order valence-corrected chi connectivity index (χ4v) is 6.43. The fourth-order valence-electron chi connectivity index (χ4n) is 6.43. The molecule has 5 heterocycles. The second-order valence-electron chi connectivity index (χ2n) is 11.3. The normalized spacial score (nSPS) is 24.1. The summed E-state index contributed by atoms with van der Waals surface area (Å²) in [5, 5.41) is 10.8. The number of carbonyl (C=O) groups is 2. The van der Waals surface area contributed by atoms with Gasteiger partial charge in [-0.25, -0.2) is 0 Å². The molecule has 3 aromatic rings. The molecule has 7 rings (SSSR count). The quantitative estimate of drug-likeness (QED) is 0.578. The van der Waals surface area contributed by atoms with E-state index in [0.29, 0.717) is 66.5 Å². The van der Waals surface area contributed by atoms with Crippen molar-refractivity contribution >= 4 is 22.8 Å². The van der Waals surface area contributed by atoms with Crippen LogP contribution in [-0.4, -0.2) is 81.4 Å². The lowest BCUT2D eigenvalue weighted by Gasteiger charge is -2.24. The molecule has 4 aliphatic rings. The Bertz CT molecular complexity index is 1330. The predicted octanol–water partition coefficient (Wildman–Crippen LogP) is 3.04. The number of aromatic amines is 1. The number of H-pyrrole nitrogens is 1. The van der Waals surface area contributed by atoms with E-state index in [4.69, 9.17) is 9.72 Å². The van der Waals surface area contributed by atoms with Gasteiger partial charge in [0.25, 0.3) is 11.8 Å². The van der Waals surface area contributed by atoms with Crippen LogP contribution in [0, 0.1) is 17.8 Å². The largest absolute Gasteiger partial charge is 0.381 e. The van der Waals surface area contributed by atoms with Crippen molar-refractivity contribution in [3.05, 3.63) is 52.8 Å². The molecule has 192 valence electrons. The van der Waals surface area contributed by atoms with Crippen molar-refractivity contribution in [2.24, 2.45) is 17.8 Å². The number of hydrogen-bond donors (Lipinski definition) is 1. The number of pyridine rings is 1. The van der Waals surface area contributed by atoms with E-state index in [1.165, 1.54) is 24.1 Å². The summed E-state index contributed by atoms with van der Waals surface area (Å²) in [5.41, 5.74) is 5.26. The SMILES string of the molecule is O=C(c1cnc(CC2CCOCC2)c(C2CC2)c1)N1C[C@@H]2CN(C(=O)c3ccc4n[nH]nc4c3)C[C@H]2C1. The van der Waals surface area contributed by atoms with Gasteiger partial charge in [-0.2, -0.15) is 15.4 Å². The average Bonchev–Trinajstić information content (AvgIpc) is 3.33. The Hall–Kier alpha value is -3.33. The minimum Gasteiger partial charge on any atom is -0.381 e. The van der Waals surface area contributed by atoms with Crippen molar-refractivity contribution in [3.63, 3.8) is 0 Å². The zero-order valence-electron chi connectivity index (χ0n) is 20.9. The molecule has 9 nitrogen and oxygen atoms in total. The molecule has 1 aromatic carbocycles. The van der Waals surface area contributed by atoms with Gasteiger partial charge in [-0.1, -0.05) is 0 Å². The van der Waals surface area contributed by atoms with E-state index in [1.54, 1.807) is 12.3 Å². The molecule has 3 aliphatic heterocycles. The molecular weight excluding hydrogens is 468 g/mol. The molecule has 0 radical (unpaired) electrons. The minimum atomic E-state index is 0.0237. The minimum absolute atomic E-state index is 0.0237. The molecule has 1 saturated carbocycles. The maximum absolute atomic E-state index is 13.5. The van der Waals surface area contributed by atoms with Gasteiger partial charge in [-0.3, -0.25) is 14.6 Å². The number of nitrogens with one attached hydrogen (secondary N) is 1. The molecule has 3 saturated heterocycles. The average molecular weight is 501 g/mol. The Morgan fingerprint density at radius 1 is 0.865 bits per heavy atom. The highest BCUT2D eigenvalue weighted by Gasteiger charge is 2.43. The van der Waals surface area contributed by atoms with Crippen LogP contribution in [0.1, 0.15) is 63.6 Å². The number of benzene rings is 1. The summed E-state index contributed by atoms with van der Waals surface area (Å²) in [7, 11) is 0. The number of ether oxygens (including phenoxy) is 1. The Kier molecular flexibility index (Phi) is 5.68. The van der Waals surface area contributed by atoms with E-state index in [1.807, 2.05) is 21.9 Å². The third kappa shape index (κ3) is 4.39. The van der Waals surface area contributed by atoms with Gasteiger partial charge in [0.1, 0.15) is 11.0 Å². The first-order valence-corrected chi connectivity index (χ1v) is 13.6. The monoisotopic (exact) mass is 500 g/mol. The fraction of sp³-hybridized carbons (Fsp3) is 0.536. The first kappa shape index (κ1) is 22.8. The Balaban J connectivity index is 1.01. The number of carbonyl (C=O) groups excluding carboxylic acids is 2. The lowest BCUT2D eigenvalue weighted by atomic mass is 9.91. The third-order valence-electron chi connectivity index (χ3n) is 8.71. The van der Waals surface area contributed by atoms with Crippen molar-refractivity contribution in [2.75, 3.05) is 39.4 Å². The number of aromatic nitrogens is 4. The molecule has 2 atom stereocenters. The van der Waals surface area contributed by atoms with Crippen LogP contribution >= 0.6 is 0 Å². The smallest absolute Gasteiger partial charge is 0.255 e. The maximum Gasteiger partial charge on any atom is 0.255 e. The van der Waals surface area contributed by atoms with Crippen LogP contribution < -0.4 is 0 Å². The van der Waals surface area contributed by atoms with Crippen LogP contribution in [0.5, 0.6) is 0 Å². The molecule has 4 fully saturated rings. The van der Waals surface area contributed by atoms with Crippen molar-refractivity contribution in [1.82, 2.24) is 30.2 Å². The van der Waals surface area contributed by atoms with Gasteiger partial charge < -0.3 is 14.5 Å². The van der Waals surface area contributed by atoms with E-state index >= 15 is 0 Å². The summed E-state index contributed by atoms with van der Waals surface area (Å²) in [6.45, 7) is 4.43. The van der Waals surface area contributed by atoms with Gasteiger partial charge in [0, 0.05) is 68.7 Å². The van der Waals surface area contributed by atoms with Crippen LogP contribution in [0.2, 0.25) is 0 Å². The molecule has 0 unspecified atom stereocenters. The van der Waals surface area contributed by atoms with Gasteiger partial charge in [-0.15, -0.1) is 0 Å². The molecule has 2 aromatic heterocycles. The lowest BCUT2D eigenvalue weighted by molar-refractivity contribution is 0.0662. The molecule has 37 heavy (non-hydrogen) atoms. The molecule has 1 N–H and O–H groups in total. The summed E-state index contributed by atoms with van der Waals surface area (Å²) in [6, 6.07) is 7.56. The van der Waals surface area contributed by atoms with Crippen LogP contribution in [0.15, 0.2) is 30.5 Å². The third-order valence-corrected chi connectivity index (χ3v) is 8.71. The van der Waals surface area contributed by atoms with Crippen LogP contribution in [0.25, 0.3) is 11.0 Å². The van der Waals surface area contributed by atoms with Crippen LogP contribution in [0.4, 0.5) is 0 Å². The maximum atomic E-state index is 13.5. The molecule has 0 spiro atoms. The first-order chi connectivity index (χ1) is 18.1. The van der Waals surface area contributed by atoms with Gasteiger partial charge in [0.15, 0.2) is 0 Å². The van der Waals surface area contributed by atoms with Gasteiger partial charge in [0.05, 0.1) is 5.56 Å². The number of nitrogens with zero attached hydrogens (tertiary/aromatic N) is 5. The van der Waals surface area contributed by atoms with E-state index in [0.717, 1.165) is 38.0 Å². The zero-order valence-corrected chi connectivity index (χ0v) is 20.9. The van der Waals surface area contributed by atoms with E-state index in [2.05, 4.69) is 21.5 Å². The molecule has 2 amide bonds. The summed E-state index contributed by atoms with van der Waals surface area (Å²) in [5.74, 6) is 1.91. The number of hydrogen-bond acceptors (Lipinski definition) is 6. The van der Waals surface area contributed by atoms with Crippen molar-refractivity contribution in [3.8, 4) is 0 Å². The Labute approximate surface area is 215 Å². The highest BCUT2D eigenvalue weighted by molar-refractivity contribution is 5.97. The highest BCUT2D eigenvalue weighted by atomic mass is 16.5. The number of likely N-dealkylation sites (tertiary alicyclic amines) is 2. The Morgan fingerprint density at radius 3 is 2.24 bits per heavy atom. The van der Waals surface area contributed by atoms with Crippen molar-refractivity contribution < 1.29 is 14.3 Å². The zero-order chi connectivity index (χ0) is 24.9. The molecular formula is C28H32N6O3. The van der Waals surface area contributed by atoms with Gasteiger partial charge in [0.2, 0.25) is 0 Å². The summed E-state index contributed by atoms with van der Waals surface area (Å²) in [4.78, 5) is 35.4. The summed E-state index contributed by atoms with van der Waals surface area (Å²) < 4.78 is 5.52. The van der Waals surface area contributed by atoms with E-state index in [-0.39, 0.29) is 11.8 Å². The second-order valence-corrected chi connectivity index (χ2v) is 11.3. The number of rotatable bonds is 5. The Morgan fingerprint density at radius 2 is 1.54 bits per heavy atom. The summed E-state index contributed by atoms with van der Waals surface area (Å²) in [6.07, 6.45) is 7.37. The predicted molar refractivity (Wildman–Crippen MR) is 136 cm³/mol. The van der Waals surface area contributed by atoms with E-state index in [9.17, 15) is 9.59 Å². The number of amides is 2. The number of fused-ring (bicyclic) bond motifs is 2. The van der Waals surface area contributed by atoms with Gasteiger partial charge >= 0.3 is 0 Å². The standard InChI is InChI=1S/C28H32N6O3/c35-27(19-3-4-24-26(11-19)31-32-30-24)33-13-21-15-34(16-22(21)14-33)28(36)20-10-23(18-1-2-18)25(29-12-20)9-17-5-7-37-8-6-17/h3-4,10-12,17-18,21-22H,1-2,5-9,13-16H2,(H,30,31,32)/t21-,22-/m0/s1. The first-order valence-electron chi connectivity index (χ1n) is 13.6. The van der Waals surface area contributed by atoms with Crippen molar-refractivity contribution in [1.29, 1.82) is 0 Å². The van der Waals surface area contributed by atoms with Crippen LogP contribution in [-0.2, 0) is 11.2 Å². The highest BCUT2D eigenvalue weighted by Crippen LogP contribution is 2.42. The van der Waals surface area contributed by atoms with Gasteiger partial charge in [-0.05, 0) is 73.8 Å². The topological polar surface area (TPSA) is 104 Å². The lowest BCUT2D eigenvalue weighted by Crippen LogP contribution is -2.35. The van der Waals surface area contributed by atoms with Crippen LogP contribution in [0.3, 0.4) is 0 Å². The second kappa shape index (κ2) is 9.20.